The molecular formula is C53H71N3O5. The van der Waals surface area contributed by atoms with E-state index in [4.69, 9.17) is 23.7 Å². The molecule has 1 saturated heterocycles. The van der Waals surface area contributed by atoms with E-state index in [1.54, 1.807) is 28.4 Å². The van der Waals surface area contributed by atoms with E-state index in [0.29, 0.717) is 12.5 Å². The number of nitrogens with zero attached hydrogens (tertiary/aromatic N) is 2. The Morgan fingerprint density at radius 2 is 1.67 bits per heavy atom. The molecule has 5 unspecified atom stereocenters. The zero-order valence-electron chi connectivity index (χ0n) is 39.0. The smallest absolute Gasteiger partial charge is 0.129 e. The first-order chi connectivity index (χ1) is 29.3. The molecule has 8 rings (SSSR count). The van der Waals surface area contributed by atoms with Crippen LogP contribution in [0.4, 0.5) is 11.4 Å². The normalized spacial score (nSPS) is 28.2. The van der Waals surface area contributed by atoms with Gasteiger partial charge >= 0.3 is 0 Å². The first-order valence-corrected chi connectivity index (χ1v) is 22.4. The molecule has 2 aliphatic carbocycles. The molecule has 8 nitrogen and oxygen atoms in total. The van der Waals surface area contributed by atoms with E-state index in [0.717, 1.165) is 73.9 Å². The van der Waals surface area contributed by atoms with Crippen LogP contribution in [-0.2, 0) is 24.4 Å². The SMILES string of the molecule is C/C=C1\c2ccc(cc2NC)C2(C)/C(=C\C=C3/CCC(/C=C/C4N(CCCOC)C5C=CC(OC)=CC5C4(C)C)=C3OC1C(C)(C)C)N(CCCOC)c1ccc(OC)cc12. The minimum atomic E-state index is -0.472. The predicted molar refractivity (Wildman–Crippen MR) is 251 cm³/mol. The van der Waals surface area contributed by atoms with Crippen LogP contribution in [0.3, 0.4) is 0 Å². The van der Waals surface area contributed by atoms with E-state index in [1.165, 1.54) is 39.2 Å². The summed E-state index contributed by atoms with van der Waals surface area (Å²) >= 11 is 0. The Morgan fingerprint density at radius 1 is 0.918 bits per heavy atom. The number of anilines is 2. The van der Waals surface area contributed by atoms with Crippen molar-refractivity contribution in [1.82, 2.24) is 4.90 Å². The van der Waals surface area contributed by atoms with Crippen molar-refractivity contribution in [1.29, 1.82) is 0 Å². The molecule has 328 valence electrons. The van der Waals surface area contributed by atoms with E-state index < -0.39 is 5.41 Å². The maximum Gasteiger partial charge on any atom is 0.129 e. The van der Waals surface area contributed by atoms with Gasteiger partial charge in [-0.25, -0.2) is 0 Å². The number of allylic oxidation sites excluding steroid dienone is 8. The fourth-order valence-electron chi connectivity index (χ4n) is 10.7. The average Bonchev–Trinajstić information content (AvgIpc) is 3.82. The van der Waals surface area contributed by atoms with Gasteiger partial charge in [0.05, 0.1) is 19.6 Å². The van der Waals surface area contributed by atoms with Crippen LogP contribution in [0.2, 0.25) is 0 Å². The maximum absolute atomic E-state index is 7.57. The highest BCUT2D eigenvalue weighted by molar-refractivity contribution is 5.82. The summed E-state index contributed by atoms with van der Waals surface area (Å²) in [6.07, 6.45) is 22.2. The summed E-state index contributed by atoms with van der Waals surface area (Å²) in [4.78, 5) is 5.18. The number of hydrogen-bond donors (Lipinski definition) is 1. The second kappa shape index (κ2) is 18.1. The van der Waals surface area contributed by atoms with Crippen molar-refractivity contribution in [3.63, 3.8) is 0 Å². The van der Waals surface area contributed by atoms with Gasteiger partial charge in [0, 0.05) is 93.6 Å². The first-order valence-electron chi connectivity index (χ1n) is 22.4. The summed E-state index contributed by atoms with van der Waals surface area (Å²) in [6.45, 7) is 19.5. The van der Waals surface area contributed by atoms with Gasteiger partial charge in [-0.05, 0) is 115 Å². The lowest BCUT2D eigenvalue weighted by molar-refractivity contribution is 0.0760. The highest BCUT2D eigenvalue weighted by Gasteiger charge is 2.52. The average molecular weight is 830 g/mol. The van der Waals surface area contributed by atoms with Crippen LogP contribution >= 0.6 is 0 Å². The summed E-state index contributed by atoms with van der Waals surface area (Å²) in [6, 6.07) is 14.0. The number of likely N-dealkylation sites (tertiary alicyclic amines) is 1. The van der Waals surface area contributed by atoms with Crippen LogP contribution < -0.4 is 15.0 Å². The Bertz CT molecular complexity index is 2160. The molecule has 0 radical (unpaired) electrons. The largest absolute Gasteiger partial charge is 0.497 e. The van der Waals surface area contributed by atoms with Gasteiger partial charge in [0.15, 0.2) is 0 Å². The molecular weight excluding hydrogens is 759 g/mol. The molecule has 5 atom stereocenters. The quantitative estimate of drug-likeness (QED) is 0.200. The number of ether oxygens (including phenoxy) is 5. The number of benzene rings is 2. The number of hydrogen-bond acceptors (Lipinski definition) is 8. The number of nitrogens with one attached hydrogen (secondary N) is 1. The zero-order chi connectivity index (χ0) is 43.7. The Labute approximate surface area is 366 Å². The van der Waals surface area contributed by atoms with Crippen molar-refractivity contribution >= 4 is 16.9 Å². The molecule has 4 heterocycles. The standard InChI is InChI=1S/C53H71N3O5/c1-13-40-41-23-20-37(32-44(41)54-8)53(7)43-34-39(60-12)22-25-46(43)56(29-15-31-58-10)48(53)27-19-36-17-16-35(49(36)61-50(40)51(2,3)4)18-26-47-52(5,6)42-33-38(59-11)21-24-45(42)55(47)28-14-30-57-9/h13,18-27,32-34,42,45,47,50,54H,14-17,28-31H2,1-12H3/b26-18+,36-19+,40-13+,48-27+. The number of fused-ring (bicyclic) bond motifs is 7. The van der Waals surface area contributed by atoms with Crippen molar-refractivity contribution in [2.45, 2.75) is 97.8 Å². The van der Waals surface area contributed by atoms with Crippen molar-refractivity contribution in [3.8, 4) is 5.75 Å². The molecule has 8 heteroatoms. The molecule has 1 N–H and O–H groups in total. The highest BCUT2D eigenvalue weighted by atomic mass is 16.5. The van der Waals surface area contributed by atoms with Gasteiger partial charge in [0.2, 0.25) is 0 Å². The molecule has 0 saturated carbocycles. The summed E-state index contributed by atoms with van der Waals surface area (Å²) in [7, 11) is 9.13. The van der Waals surface area contributed by atoms with Crippen molar-refractivity contribution in [3.05, 3.63) is 130 Å². The maximum atomic E-state index is 7.57. The summed E-state index contributed by atoms with van der Waals surface area (Å²) < 4.78 is 30.3. The van der Waals surface area contributed by atoms with Gasteiger partial charge in [-0.1, -0.05) is 77.1 Å². The van der Waals surface area contributed by atoms with E-state index in [1.807, 2.05) is 7.05 Å². The summed E-state index contributed by atoms with van der Waals surface area (Å²) in [5.74, 6) is 3.12. The topological polar surface area (TPSA) is 64.7 Å². The lowest BCUT2D eigenvalue weighted by Gasteiger charge is -2.35. The van der Waals surface area contributed by atoms with Crippen LogP contribution in [0.5, 0.6) is 5.75 Å². The molecule has 4 aliphatic heterocycles. The molecule has 61 heavy (non-hydrogen) atoms. The van der Waals surface area contributed by atoms with E-state index in [2.05, 4.69) is 149 Å². The predicted octanol–water partition coefficient (Wildman–Crippen LogP) is 11.0. The van der Waals surface area contributed by atoms with Crippen LogP contribution in [0, 0.1) is 16.7 Å². The Morgan fingerprint density at radius 3 is 2.34 bits per heavy atom. The lowest BCUT2D eigenvalue weighted by Crippen LogP contribution is -2.39. The van der Waals surface area contributed by atoms with Crippen LogP contribution in [0.15, 0.2) is 113 Å². The Balaban J connectivity index is 1.42. The van der Waals surface area contributed by atoms with Gasteiger partial charge in [0.1, 0.15) is 23.4 Å². The minimum Gasteiger partial charge on any atom is -0.497 e. The van der Waals surface area contributed by atoms with Gasteiger partial charge in [-0.2, -0.15) is 0 Å². The van der Waals surface area contributed by atoms with Crippen LogP contribution in [-0.4, -0.2) is 84.9 Å². The third kappa shape index (κ3) is 8.16. The second-order valence-corrected chi connectivity index (χ2v) is 19.1. The van der Waals surface area contributed by atoms with Crippen molar-refractivity contribution in [2.75, 3.05) is 72.0 Å². The van der Waals surface area contributed by atoms with E-state index in [9.17, 15) is 0 Å². The molecule has 6 aliphatic rings. The van der Waals surface area contributed by atoms with Crippen LogP contribution in [0.25, 0.3) is 5.57 Å². The molecule has 2 bridgehead atoms. The monoisotopic (exact) mass is 830 g/mol. The minimum absolute atomic E-state index is 0.0419. The molecule has 2 aromatic carbocycles. The fourth-order valence-corrected chi connectivity index (χ4v) is 10.7. The Kier molecular flexibility index (Phi) is 13.2. The third-order valence-electron chi connectivity index (χ3n) is 14.1. The van der Waals surface area contributed by atoms with Gasteiger partial charge in [-0.15, -0.1) is 0 Å². The molecule has 0 aromatic heterocycles. The van der Waals surface area contributed by atoms with Crippen molar-refractivity contribution < 1.29 is 23.7 Å². The van der Waals surface area contributed by atoms with Gasteiger partial charge < -0.3 is 33.9 Å². The number of methoxy groups -OCH3 is 4. The molecule has 1 fully saturated rings. The highest BCUT2D eigenvalue weighted by Crippen LogP contribution is 2.55. The zero-order valence-corrected chi connectivity index (χ0v) is 39.0. The van der Waals surface area contributed by atoms with Gasteiger partial charge in [0.25, 0.3) is 0 Å². The second-order valence-electron chi connectivity index (χ2n) is 19.1. The third-order valence-corrected chi connectivity index (χ3v) is 14.1. The first kappa shape index (κ1) is 44.6. The lowest BCUT2D eigenvalue weighted by atomic mass is 9.73. The number of rotatable bonds is 13. The molecule has 2 aromatic rings. The fraction of sp³-hybridized carbons (Fsp3) is 0.509. The summed E-state index contributed by atoms with van der Waals surface area (Å²) in [5.41, 5.74) is 10.1. The summed E-state index contributed by atoms with van der Waals surface area (Å²) in [5, 5.41) is 3.62. The van der Waals surface area contributed by atoms with Crippen LogP contribution in [0.1, 0.15) is 90.8 Å². The van der Waals surface area contributed by atoms with E-state index >= 15 is 0 Å². The molecule has 0 spiro atoms. The molecule has 0 amide bonds. The van der Waals surface area contributed by atoms with Gasteiger partial charge in [-0.3, -0.25) is 4.90 Å². The van der Waals surface area contributed by atoms with E-state index in [-0.39, 0.29) is 29.0 Å². The van der Waals surface area contributed by atoms with Crippen molar-refractivity contribution in [2.24, 2.45) is 16.7 Å². The Hall–Kier alpha value is -4.50.